The predicted molar refractivity (Wildman–Crippen MR) is 83.0 cm³/mol. The molecule has 0 aromatic rings. The number of allylic oxidation sites excluding steroid dienone is 1. The third-order valence-corrected chi connectivity index (χ3v) is 6.85. The molecule has 0 aromatic carbocycles. The first-order valence-corrected chi connectivity index (χ1v) is 11.2. The van der Waals surface area contributed by atoms with E-state index in [1.54, 1.807) is 10.8 Å². The van der Waals surface area contributed by atoms with Crippen LogP contribution in [0.3, 0.4) is 0 Å². The highest BCUT2D eigenvalue weighted by Gasteiger charge is 2.27. The molecule has 0 fully saturated rings. The minimum atomic E-state index is -1.07. The maximum atomic E-state index is 3.87. The van der Waals surface area contributed by atoms with Crippen molar-refractivity contribution in [1.29, 1.82) is 0 Å². The fraction of sp³-hybridized carbons (Fsp3) is 0.846. The Hall–Kier alpha value is 0.134. The minimum Gasteiger partial charge on any atom is -0.310 e. The monoisotopic (exact) mass is 257 g/mol. The van der Waals surface area contributed by atoms with E-state index in [2.05, 4.69) is 52.7 Å². The number of hydrogen-bond donors (Lipinski definition) is 1. The van der Waals surface area contributed by atoms with Crippen LogP contribution in [0.25, 0.3) is 0 Å². The zero-order valence-corrected chi connectivity index (χ0v) is 15.6. The Labute approximate surface area is 107 Å². The lowest BCUT2D eigenvalue weighted by Crippen LogP contribution is -2.52. The molecule has 0 saturated heterocycles. The van der Waals surface area contributed by atoms with E-state index in [1.807, 2.05) is 0 Å². The lowest BCUT2D eigenvalue weighted by molar-refractivity contribution is 0.527. The van der Waals surface area contributed by atoms with Crippen LogP contribution in [0.5, 0.6) is 0 Å². The van der Waals surface area contributed by atoms with Crippen LogP contribution in [0, 0.1) is 0 Å². The Balaban J connectivity index is 4.59. The van der Waals surface area contributed by atoms with E-state index in [0.29, 0.717) is 6.04 Å². The SMILES string of the molecule is CCCC(NC(C)C(C)=C(C)[SiH3])[Si](C)(C)C. The van der Waals surface area contributed by atoms with Gasteiger partial charge in [-0.15, -0.1) is 0 Å². The van der Waals surface area contributed by atoms with Gasteiger partial charge in [-0.1, -0.05) is 43.8 Å². The summed E-state index contributed by atoms with van der Waals surface area (Å²) in [7, 11) is 0.120. The van der Waals surface area contributed by atoms with Gasteiger partial charge < -0.3 is 5.32 Å². The van der Waals surface area contributed by atoms with Crippen LogP contribution in [-0.4, -0.2) is 30.0 Å². The van der Waals surface area contributed by atoms with Gasteiger partial charge in [0.25, 0.3) is 0 Å². The molecule has 0 spiro atoms. The van der Waals surface area contributed by atoms with Crippen molar-refractivity contribution in [3.05, 3.63) is 10.8 Å². The van der Waals surface area contributed by atoms with Crippen molar-refractivity contribution in [3.8, 4) is 0 Å². The lowest BCUT2D eigenvalue weighted by Gasteiger charge is -2.33. The van der Waals surface area contributed by atoms with Crippen molar-refractivity contribution in [1.82, 2.24) is 5.32 Å². The van der Waals surface area contributed by atoms with Gasteiger partial charge in [-0.05, 0) is 27.2 Å². The molecule has 1 N–H and O–H groups in total. The molecule has 96 valence electrons. The first-order chi connectivity index (χ1) is 7.20. The average molecular weight is 258 g/mol. The van der Waals surface area contributed by atoms with Crippen LogP contribution < -0.4 is 5.32 Å². The molecule has 0 bridgehead atoms. The van der Waals surface area contributed by atoms with Crippen molar-refractivity contribution < 1.29 is 0 Å². The molecular formula is C13H31NSi2. The van der Waals surface area contributed by atoms with Crippen molar-refractivity contribution in [2.24, 2.45) is 0 Å². The van der Waals surface area contributed by atoms with Crippen molar-refractivity contribution in [2.75, 3.05) is 0 Å². The summed E-state index contributed by atoms with van der Waals surface area (Å²) < 4.78 is 0. The highest BCUT2D eigenvalue weighted by atomic mass is 28.3. The van der Waals surface area contributed by atoms with E-state index in [9.17, 15) is 0 Å². The van der Waals surface area contributed by atoms with E-state index in [-0.39, 0.29) is 0 Å². The molecule has 0 saturated carbocycles. The molecule has 0 aliphatic carbocycles. The Morgan fingerprint density at radius 2 is 1.75 bits per heavy atom. The lowest BCUT2D eigenvalue weighted by atomic mass is 10.1. The van der Waals surface area contributed by atoms with E-state index in [1.165, 1.54) is 23.1 Å². The molecule has 0 radical (unpaired) electrons. The highest BCUT2D eigenvalue weighted by molar-refractivity contribution is 6.77. The van der Waals surface area contributed by atoms with Crippen LogP contribution in [-0.2, 0) is 0 Å². The molecule has 0 heterocycles. The predicted octanol–water partition coefficient (Wildman–Crippen LogP) is 2.67. The van der Waals surface area contributed by atoms with Crippen LogP contribution >= 0.6 is 0 Å². The summed E-state index contributed by atoms with van der Waals surface area (Å²) >= 11 is 0. The number of nitrogens with one attached hydrogen (secondary N) is 1. The normalized spacial score (nSPS) is 18.2. The quantitative estimate of drug-likeness (QED) is 0.722. The van der Waals surface area contributed by atoms with Crippen LogP contribution in [0.15, 0.2) is 10.8 Å². The second kappa shape index (κ2) is 6.77. The standard InChI is InChI=1S/C13H31NSi2/c1-8-9-13(16(5,6)7)14-11(3)10(2)12(4)15/h11,13-14H,8-9H2,1-7,15H3. The van der Waals surface area contributed by atoms with E-state index in [4.69, 9.17) is 0 Å². The molecule has 0 aromatic heterocycles. The fourth-order valence-corrected chi connectivity index (χ4v) is 4.25. The number of hydrogen-bond acceptors (Lipinski definition) is 1. The Morgan fingerprint density at radius 1 is 1.25 bits per heavy atom. The zero-order valence-electron chi connectivity index (χ0n) is 12.6. The minimum absolute atomic E-state index is 0.556. The topological polar surface area (TPSA) is 12.0 Å². The number of rotatable bonds is 6. The van der Waals surface area contributed by atoms with E-state index < -0.39 is 8.07 Å². The van der Waals surface area contributed by atoms with Gasteiger partial charge in [0.1, 0.15) is 0 Å². The average Bonchev–Trinajstić information content (AvgIpc) is 2.14. The molecule has 2 atom stereocenters. The summed E-state index contributed by atoms with van der Waals surface area (Å²) in [6.45, 7) is 16.6. The second-order valence-corrected chi connectivity index (χ2v) is 13.2. The smallest absolute Gasteiger partial charge is 0.0635 e. The van der Waals surface area contributed by atoms with Gasteiger partial charge in [-0.3, -0.25) is 0 Å². The molecule has 0 aliphatic rings. The summed E-state index contributed by atoms with van der Waals surface area (Å²) in [5.41, 5.74) is 2.31. The zero-order chi connectivity index (χ0) is 12.9. The summed E-state index contributed by atoms with van der Waals surface area (Å²) in [4.78, 5) is 0. The molecule has 3 heteroatoms. The molecule has 1 nitrogen and oxygen atoms in total. The van der Waals surface area contributed by atoms with Gasteiger partial charge in [-0.25, -0.2) is 0 Å². The van der Waals surface area contributed by atoms with E-state index in [0.717, 1.165) is 5.67 Å². The molecule has 0 amide bonds. The van der Waals surface area contributed by atoms with Gasteiger partial charge in [0, 0.05) is 21.9 Å². The van der Waals surface area contributed by atoms with Crippen LogP contribution in [0.1, 0.15) is 40.5 Å². The maximum Gasteiger partial charge on any atom is 0.0635 e. The maximum absolute atomic E-state index is 3.87. The summed E-state index contributed by atoms with van der Waals surface area (Å²) in [6.07, 6.45) is 2.62. The molecule has 16 heavy (non-hydrogen) atoms. The first kappa shape index (κ1) is 16.1. The molecule has 2 unspecified atom stereocenters. The third kappa shape index (κ3) is 5.46. The molecular weight excluding hydrogens is 226 g/mol. The summed E-state index contributed by atoms with van der Waals surface area (Å²) in [5, 5.41) is 5.45. The summed E-state index contributed by atoms with van der Waals surface area (Å²) in [6, 6.07) is 0.556. The van der Waals surface area contributed by atoms with Crippen molar-refractivity contribution >= 4 is 18.3 Å². The molecule has 0 aliphatic heterocycles. The Morgan fingerprint density at radius 3 is 2.06 bits per heavy atom. The Bertz CT molecular complexity index is 237. The van der Waals surface area contributed by atoms with E-state index >= 15 is 0 Å². The Kier molecular flexibility index (Phi) is 6.83. The highest BCUT2D eigenvalue weighted by Crippen LogP contribution is 2.16. The largest absolute Gasteiger partial charge is 0.310 e. The fourth-order valence-electron chi connectivity index (χ4n) is 1.91. The van der Waals surface area contributed by atoms with Crippen molar-refractivity contribution in [3.63, 3.8) is 0 Å². The van der Waals surface area contributed by atoms with Gasteiger partial charge in [0.2, 0.25) is 0 Å². The first-order valence-electron chi connectivity index (χ1n) is 6.60. The van der Waals surface area contributed by atoms with Crippen LogP contribution in [0.2, 0.25) is 19.6 Å². The second-order valence-electron chi connectivity index (χ2n) is 6.28. The third-order valence-electron chi connectivity index (χ3n) is 3.51. The van der Waals surface area contributed by atoms with Crippen LogP contribution in [0.4, 0.5) is 0 Å². The van der Waals surface area contributed by atoms with Crippen molar-refractivity contribution in [2.45, 2.75) is 71.9 Å². The van der Waals surface area contributed by atoms with Gasteiger partial charge in [0.15, 0.2) is 0 Å². The molecule has 0 rings (SSSR count). The van der Waals surface area contributed by atoms with Gasteiger partial charge >= 0.3 is 0 Å². The van der Waals surface area contributed by atoms with Gasteiger partial charge in [-0.2, -0.15) is 0 Å². The summed E-state index contributed by atoms with van der Waals surface area (Å²) in [5.74, 6) is 0. The van der Waals surface area contributed by atoms with Gasteiger partial charge in [0.05, 0.1) is 8.07 Å².